The first-order valence-electron chi connectivity index (χ1n) is 4.39. The zero-order valence-electron chi connectivity index (χ0n) is 8.55. The molecular weight excluding hydrogens is 172 g/mol. The molecule has 0 spiro atoms. The van der Waals surface area contributed by atoms with Gasteiger partial charge in [-0.3, -0.25) is 4.79 Å². The molecule has 4 heteroatoms. The zero-order chi connectivity index (χ0) is 10.1. The molecule has 0 radical (unpaired) electrons. The monoisotopic (exact) mass is 188 g/mol. The molecule has 1 unspecified atom stereocenters. The highest BCUT2D eigenvalue weighted by Gasteiger charge is 2.39. The molecule has 0 aliphatic carbocycles. The van der Waals surface area contributed by atoms with Gasteiger partial charge in [-0.25, -0.2) is 4.89 Å². The van der Waals surface area contributed by atoms with Gasteiger partial charge in [-0.1, -0.05) is 0 Å². The van der Waals surface area contributed by atoms with Gasteiger partial charge in [0.05, 0.1) is 12.0 Å². The molecule has 0 saturated carbocycles. The van der Waals surface area contributed by atoms with Crippen molar-refractivity contribution < 1.29 is 19.3 Å². The van der Waals surface area contributed by atoms with Gasteiger partial charge in [-0.05, 0) is 20.8 Å². The molecule has 1 atom stereocenters. The number of cyclic esters (lactones) is 1. The molecule has 1 aliphatic rings. The van der Waals surface area contributed by atoms with Crippen molar-refractivity contribution in [3.05, 3.63) is 0 Å². The fourth-order valence-electron chi connectivity index (χ4n) is 0.944. The lowest BCUT2D eigenvalue weighted by atomic mass is 10.2. The van der Waals surface area contributed by atoms with E-state index < -0.39 is 11.4 Å². The van der Waals surface area contributed by atoms with Crippen molar-refractivity contribution in [3.63, 3.8) is 0 Å². The molecule has 1 saturated heterocycles. The van der Waals surface area contributed by atoms with Crippen molar-refractivity contribution in [2.75, 3.05) is 0 Å². The van der Waals surface area contributed by atoms with Gasteiger partial charge >= 0.3 is 5.97 Å². The number of hydrogen-bond acceptors (Lipinski definition) is 4. The fraction of sp³-hybridized carbons (Fsp3) is 0.889. The molecule has 4 nitrogen and oxygen atoms in total. The van der Waals surface area contributed by atoms with Crippen LogP contribution >= 0.6 is 0 Å². The summed E-state index contributed by atoms with van der Waals surface area (Å²) in [4.78, 5) is 21.0. The molecule has 0 bridgehead atoms. The summed E-state index contributed by atoms with van der Waals surface area (Å²) in [7, 11) is 0. The highest BCUT2D eigenvalue weighted by molar-refractivity contribution is 5.71. The van der Waals surface area contributed by atoms with Gasteiger partial charge in [-0.15, -0.1) is 0 Å². The van der Waals surface area contributed by atoms with Crippen LogP contribution in [0.25, 0.3) is 0 Å². The highest BCUT2D eigenvalue weighted by Crippen LogP contribution is 2.28. The molecule has 1 aliphatic heterocycles. The second kappa shape index (κ2) is 3.27. The van der Waals surface area contributed by atoms with E-state index in [1.165, 1.54) is 0 Å². The molecule has 1 fully saturated rings. The third-order valence-corrected chi connectivity index (χ3v) is 1.58. The average molecular weight is 188 g/mol. The Kier molecular flexibility index (Phi) is 2.63. The van der Waals surface area contributed by atoms with Crippen LogP contribution in [0.1, 0.15) is 40.5 Å². The van der Waals surface area contributed by atoms with E-state index in [-0.39, 0.29) is 5.97 Å². The SMILES string of the molecule is CC(C)(C)OOC1(C)CCC(=O)O1. The van der Waals surface area contributed by atoms with E-state index in [4.69, 9.17) is 14.5 Å². The fourth-order valence-corrected chi connectivity index (χ4v) is 0.944. The largest absolute Gasteiger partial charge is 0.431 e. The molecule has 76 valence electrons. The van der Waals surface area contributed by atoms with Crippen LogP contribution < -0.4 is 0 Å². The molecule has 0 aromatic heterocycles. The van der Waals surface area contributed by atoms with Gasteiger partial charge in [0.15, 0.2) is 0 Å². The Bertz CT molecular complexity index is 206. The maximum atomic E-state index is 10.8. The standard InChI is InChI=1S/C9H16O4/c1-8(2,3)12-13-9(4)6-5-7(10)11-9/h5-6H2,1-4H3. The van der Waals surface area contributed by atoms with Crippen LogP contribution in [0.3, 0.4) is 0 Å². The minimum Gasteiger partial charge on any atom is -0.431 e. The number of carbonyl (C=O) groups is 1. The van der Waals surface area contributed by atoms with Crippen molar-refractivity contribution in [1.82, 2.24) is 0 Å². The van der Waals surface area contributed by atoms with Crippen LogP contribution in [0.2, 0.25) is 0 Å². The Morgan fingerprint density at radius 2 is 2.08 bits per heavy atom. The summed E-state index contributed by atoms with van der Waals surface area (Å²) in [6.07, 6.45) is 0.936. The number of ether oxygens (including phenoxy) is 1. The lowest BCUT2D eigenvalue weighted by Crippen LogP contribution is -2.32. The van der Waals surface area contributed by atoms with Crippen LogP contribution in [0.15, 0.2) is 0 Å². The predicted octanol–water partition coefficient (Wildman–Crippen LogP) is 1.79. The second-order valence-electron chi connectivity index (χ2n) is 4.39. The Morgan fingerprint density at radius 1 is 1.46 bits per heavy atom. The van der Waals surface area contributed by atoms with Crippen molar-refractivity contribution >= 4 is 5.97 Å². The predicted molar refractivity (Wildman–Crippen MR) is 45.7 cm³/mol. The molecular formula is C9H16O4. The zero-order valence-corrected chi connectivity index (χ0v) is 8.55. The summed E-state index contributed by atoms with van der Waals surface area (Å²) in [5, 5.41) is 0. The van der Waals surface area contributed by atoms with Crippen LogP contribution in [0, 0.1) is 0 Å². The van der Waals surface area contributed by atoms with E-state index in [2.05, 4.69) is 0 Å². The van der Waals surface area contributed by atoms with E-state index in [9.17, 15) is 4.79 Å². The van der Waals surface area contributed by atoms with E-state index >= 15 is 0 Å². The Labute approximate surface area is 78.1 Å². The average Bonchev–Trinajstić information content (AvgIpc) is 2.27. The second-order valence-corrected chi connectivity index (χ2v) is 4.39. The Hall–Kier alpha value is -0.610. The topological polar surface area (TPSA) is 44.8 Å². The Balaban J connectivity index is 2.40. The van der Waals surface area contributed by atoms with Gasteiger partial charge < -0.3 is 4.74 Å². The van der Waals surface area contributed by atoms with Gasteiger partial charge in [-0.2, -0.15) is 4.89 Å². The molecule has 0 aromatic carbocycles. The van der Waals surface area contributed by atoms with E-state index in [1.807, 2.05) is 20.8 Å². The van der Waals surface area contributed by atoms with Crippen LogP contribution in [0.5, 0.6) is 0 Å². The smallest absolute Gasteiger partial charge is 0.308 e. The number of esters is 1. The summed E-state index contributed by atoms with van der Waals surface area (Å²) in [5.41, 5.74) is -0.391. The maximum Gasteiger partial charge on any atom is 0.308 e. The lowest BCUT2D eigenvalue weighted by molar-refractivity contribution is -0.440. The first-order valence-corrected chi connectivity index (χ1v) is 4.39. The number of hydrogen-bond donors (Lipinski definition) is 0. The van der Waals surface area contributed by atoms with Gasteiger partial charge in [0.2, 0.25) is 5.79 Å². The molecule has 1 heterocycles. The van der Waals surface area contributed by atoms with E-state index in [0.29, 0.717) is 12.8 Å². The molecule has 13 heavy (non-hydrogen) atoms. The maximum absolute atomic E-state index is 10.8. The number of carbonyl (C=O) groups excluding carboxylic acids is 1. The first-order chi connectivity index (χ1) is 5.81. The van der Waals surface area contributed by atoms with Crippen molar-refractivity contribution in [3.8, 4) is 0 Å². The van der Waals surface area contributed by atoms with Crippen molar-refractivity contribution in [2.24, 2.45) is 0 Å². The summed E-state index contributed by atoms with van der Waals surface area (Å²) in [6, 6.07) is 0. The normalized spacial score (nSPS) is 29.1. The van der Waals surface area contributed by atoms with Crippen molar-refractivity contribution in [2.45, 2.75) is 51.9 Å². The summed E-state index contributed by atoms with van der Waals surface area (Å²) >= 11 is 0. The minimum absolute atomic E-state index is 0.236. The van der Waals surface area contributed by atoms with E-state index in [1.54, 1.807) is 6.92 Å². The first kappa shape index (κ1) is 10.5. The van der Waals surface area contributed by atoms with Gasteiger partial charge in [0, 0.05) is 13.3 Å². The van der Waals surface area contributed by atoms with Crippen LogP contribution in [-0.4, -0.2) is 17.4 Å². The minimum atomic E-state index is -0.898. The van der Waals surface area contributed by atoms with Gasteiger partial charge in [0.25, 0.3) is 0 Å². The quantitative estimate of drug-likeness (QED) is 0.376. The third kappa shape index (κ3) is 3.32. The summed E-state index contributed by atoms with van der Waals surface area (Å²) in [5.74, 6) is -1.13. The summed E-state index contributed by atoms with van der Waals surface area (Å²) < 4.78 is 4.96. The van der Waals surface area contributed by atoms with Gasteiger partial charge in [0.1, 0.15) is 0 Å². The molecule has 0 N–H and O–H groups in total. The molecule has 1 rings (SSSR count). The lowest BCUT2D eigenvalue weighted by Gasteiger charge is -2.26. The van der Waals surface area contributed by atoms with Crippen LogP contribution in [-0.2, 0) is 19.3 Å². The van der Waals surface area contributed by atoms with E-state index in [0.717, 1.165) is 0 Å². The van der Waals surface area contributed by atoms with Crippen molar-refractivity contribution in [1.29, 1.82) is 0 Å². The summed E-state index contributed by atoms with van der Waals surface area (Å²) in [6.45, 7) is 7.30. The Morgan fingerprint density at radius 3 is 2.46 bits per heavy atom. The number of rotatable bonds is 2. The third-order valence-electron chi connectivity index (χ3n) is 1.58. The highest BCUT2D eigenvalue weighted by atomic mass is 17.2. The molecule has 0 aromatic rings. The van der Waals surface area contributed by atoms with Crippen LogP contribution in [0.4, 0.5) is 0 Å². The molecule has 0 amide bonds.